The van der Waals surface area contributed by atoms with Crippen LogP contribution >= 0.6 is 12.4 Å². The summed E-state index contributed by atoms with van der Waals surface area (Å²) in [5.74, 6) is -0.0658. The molecule has 0 aliphatic carbocycles. The molecule has 4 heterocycles. The Morgan fingerprint density at radius 2 is 0.909 bits per heavy atom. The highest BCUT2D eigenvalue weighted by Crippen LogP contribution is 2.31. The Morgan fingerprint density at radius 3 is 1.24 bits per heavy atom. The zero-order valence-electron chi connectivity index (χ0n) is 30.1. The van der Waals surface area contributed by atoms with Gasteiger partial charge in [-0.3, -0.25) is 0 Å². The van der Waals surface area contributed by atoms with Crippen LogP contribution in [0.1, 0.15) is 11.1 Å². The zero-order valence-corrected chi connectivity index (χ0v) is 30.9. The molecule has 10 N–H and O–H groups in total. The Labute approximate surface area is 323 Å². The van der Waals surface area contributed by atoms with E-state index in [1.165, 1.54) is 0 Å². The number of guanidine groups is 2. The molecule has 55 heavy (non-hydrogen) atoms. The standard InChI is InChI=1S/C34H46N12O8.ClH/c35-29(36)41-23-5-1-21(2-6-23)17-39-31(47)43-9-13-45(14-10-43)33(49)53-25-19-51-28-26(20-52-27(25)28)54-34(50)46-15-11-44(12-16-46)32(48)40-18-22-3-7-24(8-4-22)42-30(37)38;/h1-8,25-28H,9-20H2,(H,39,47)(H,40,48)(H4,35,36,41)(H4,37,38,42);1H/t25-,26-,27?,28?;/m1./s1. The summed E-state index contributed by atoms with van der Waals surface area (Å²) >= 11 is 0. The number of hydrogen-bond acceptors (Lipinski definition) is 10. The summed E-state index contributed by atoms with van der Waals surface area (Å²) in [6.45, 7) is 3.37. The fourth-order valence-corrected chi connectivity index (χ4v) is 6.48. The van der Waals surface area contributed by atoms with Crippen LogP contribution in [0.2, 0.25) is 0 Å². The van der Waals surface area contributed by atoms with Gasteiger partial charge in [0.05, 0.1) is 24.6 Å². The normalized spacial score (nSPS) is 21.7. The number of halogens is 1. The summed E-state index contributed by atoms with van der Waals surface area (Å²) in [7, 11) is 0. The van der Waals surface area contributed by atoms with E-state index in [0.29, 0.717) is 76.8 Å². The molecule has 21 heteroatoms. The third-order valence-electron chi connectivity index (χ3n) is 9.39. The fourth-order valence-electron chi connectivity index (χ4n) is 6.48. The van der Waals surface area contributed by atoms with Crippen LogP contribution in [0.3, 0.4) is 0 Å². The van der Waals surface area contributed by atoms with Gasteiger partial charge in [0.15, 0.2) is 24.1 Å². The molecule has 298 valence electrons. The minimum Gasteiger partial charge on any atom is -0.441 e. The molecule has 4 fully saturated rings. The summed E-state index contributed by atoms with van der Waals surface area (Å²) in [6.07, 6.45) is -3.59. The van der Waals surface area contributed by atoms with E-state index in [-0.39, 0.29) is 49.6 Å². The number of aliphatic imine (C=N–C) groups is 2. The first-order chi connectivity index (χ1) is 26.0. The second-order valence-electron chi connectivity index (χ2n) is 13.1. The molecule has 6 rings (SSSR count). The molecule has 20 nitrogen and oxygen atoms in total. The molecule has 0 bridgehead atoms. The van der Waals surface area contributed by atoms with E-state index >= 15 is 0 Å². The maximum atomic E-state index is 13.0. The smallest absolute Gasteiger partial charge is 0.410 e. The molecular formula is C34H47ClN12O8. The van der Waals surface area contributed by atoms with E-state index in [1.54, 1.807) is 43.9 Å². The molecule has 0 aromatic heterocycles. The van der Waals surface area contributed by atoms with Gasteiger partial charge in [-0.2, -0.15) is 0 Å². The van der Waals surface area contributed by atoms with Gasteiger partial charge < -0.3 is 72.1 Å². The van der Waals surface area contributed by atoms with Gasteiger partial charge in [0.2, 0.25) is 0 Å². The topological polar surface area (TPSA) is 271 Å². The van der Waals surface area contributed by atoms with E-state index in [2.05, 4.69) is 20.6 Å². The summed E-state index contributed by atoms with van der Waals surface area (Å²) in [6, 6.07) is 13.8. The van der Waals surface area contributed by atoms with Gasteiger partial charge in [-0.25, -0.2) is 29.2 Å². The van der Waals surface area contributed by atoms with E-state index in [0.717, 1.165) is 11.1 Å². The van der Waals surface area contributed by atoms with E-state index in [4.69, 9.17) is 41.9 Å². The average molecular weight is 787 g/mol. The van der Waals surface area contributed by atoms with Crippen LogP contribution in [0.15, 0.2) is 58.5 Å². The molecule has 4 aliphatic rings. The van der Waals surface area contributed by atoms with Gasteiger partial charge in [-0.15, -0.1) is 12.4 Å². The zero-order chi connectivity index (χ0) is 38.2. The van der Waals surface area contributed by atoms with Crippen molar-refractivity contribution in [2.75, 3.05) is 65.6 Å². The third kappa shape index (κ3) is 10.7. The van der Waals surface area contributed by atoms with Gasteiger partial charge in [-0.1, -0.05) is 24.3 Å². The van der Waals surface area contributed by atoms with Crippen molar-refractivity contribution in [2.24, 2.45) is 32.9 Å². The van der Waals surface area contributed by atoms with Crippen LogP contribution in [0.5, 0.6) is 0 Å². The van der Waals surface area contributed by atoms with Crippen molar-refractivity contribution in [1.82, 2.24) is 30.2 Å². The van der Waals surface area contributed by atoms with Crippen LogP contribution in [0, 0.1) is 0 Å². The number of benzene rings is 2. The highest BCUT2D eigenvalue weighted by atomic mass is 35.5. The Hall–Kier alpha value is -5.73. The molecular weight excluding hydrogens is 740 g/mol. The number of ether oxygens (including phenoxy) is 4. The molecule has 0 saturated carbocycles. The van der Waals surface area contributed by atoms with Gasteiger partial charge in [0.25, 0.3) is 0 Å². The van der Waals surface area contributed by atoms with Crippen molar-refractivity contribution in [3.8, 4) is 0 Å². The number of fused-ring (bicyclic) bond motifs is 1. The lowest BCUT2D eigenvalue weighted by atomic mass is 10.1. The number of carbonyl (C=O) groups is 4. The molecule has 4 atom stereocenters. The van der Waals surface area contributed by atoms with Crippen LogP contribution in [-0.4, -0.2) is 146 Å². The SMILES string of the molecule is Cl.NC(N)=Nc1ccc(CNC(=O)N2CCN(C(=O)O[C@@H]3COC4C3OC[C@H]4OC(=O)N3CCN(C(=O)NCc4ccc(N=C(N)N)cc4)CC3)CC2)cc1. The second-order valence-corrected chi connectivity index (χ2v) is 13.1. The fraction of sp³-hybridized carbons (Fsp3) is 0.471. The first-order valence-electron chi connectivity index (χ1n) is 17.6. The number of hydrogen-bond donors (Lipinski definition) is 6. The second kappa shape index (κ2) is 18.5. The lowest BCUT2D eigenvalue weighted by Crippen LogP contribution is -2.54. The first-order valence-corrected chi connectivity index (χ1v) is 17.6. The molecule has 2 unspecified atom stereocenters. The number of amides is 6. The highest BCUT2D eigenvalue weighted by Gasteiger charge is 2.52. The number of urea groups is 2. The summed E-state index contributed by atoms with van der Waals surface area (Å²) < 4.78 is 23.3. The Morgan fingerprint density at radius 1 is 0.582 bits per heavy atom. The van der Waals surface area contributed by atoms with Gasteiger partial charge in [-0.05, 0) is 35.4 Å². The number of nitrogens with two attached hydrogens (primary N) is 4. The lowest BCUT2D eigenvalue weighted by molar-refractivity contribution is -0.0276. The Bertz CT molecular complexity index is 1580. The first kappa shape index (κ1) is 40.5. The van der Waals surface area contributed by atoms with Crippen LogP contribution in [-0.2, 0) is 32.0 Å². The number of piperazine rings is 2. The largest absolute Gasteiger partial charge is 0.441 e. The third-order valence-corrected chi connectivity index (χ3v) is 9.39. The molecule has 4 aliphatic heterocycles. The summed E-state index contributed by atoms with van der Waals surface area (Å²) in [5.41, 5.74) is 24.6. The van der Waals surface area contributed by atoms with Crippen LogP contribution < -0.4 is 33.6 Å². The summed E-state index contributed by atoms with van der Waals surface area (Å²) in [5, 5.41) is 5.77. The lowest BCUT2D eigenvalue weighted by Gasteiger charge is -2.34. The minimum absolute atomic E-state index is 0. The summed E-state index contributed by atoms with van der Waals surface area (Å²) in [4.78, 5) is 65.9. The van der Waals surface area contributed by atoms with E-state index in [9.17, 15) is 19.2 Å². The number of nitrogens with one attached hydrogen (secondary N) is 2. The van der Waals surface area contributed by atoms with Crippen LogP contribution in [0.4, 0.5) is 30.6 Å². The molecule has 6 amide bonds. The van der Waals surface area contributed by atoms with Crippen molar-refractivity contribution < 1.29 is 38.1 Å². The molecule has 4 saturated heterocycles. The molecule has 0 radical (unpaired) electrons. The monoisotopic (exact) mass is 786 g/mol. The van der Waals surface area contributed by atoms with Crippen molar-refractivity contribution in [2.45, 2.75) is 37.5 Å². The maximum absolute atomic E-state index is 13.0. The minimum atomic E-state index is -0.677. The predicted molar refractivity (Wildman–Crippen MR) is 202 cm³/mol. The predicted octanol–water partition coefficient (Wildman–Crippen LogP) is 0.0808. The molecule has 2 aromatic carbocycles. The molecule has 0 spiro atoms. The Kier molecular flexibility index (Phi) is 13.6. The number of nitrogens with zero attached hydrogens (tertiary/aromatic N) is 6. The number of rotatable bonds is 8. The van der Waals surface area contributed by atoms with E-state index in [1.807, 2.05) is 24.3 Å². The van der Waals surface area contributed by atoms with Crippen molar-refractivity contribution in [3.05, 3.63) is 59.7 Å². The van der Waals surface area contributed by atoms with Gasteiger partial charge in [0, 0.05) is 65.4 Å². The van der Waals surface area contributed by atoms with Gasteiger partial charge >= 0.3 is 24.2 Å². The average Bonchev–Trinajstić information content (AvgIpc) is 3.76. The van der Waals surface area contributed by atoms with Crippen molar-refractivity contribution >= 4 is 59.9 Å². The van der Waals surface area contributed by atoms with Crippen molar-refractivity contribution in [3.63, 3.8) is 0 Å². The quantitative estimate of drug-likeness (QED) is 0.153. The Balaban J connectivity index is 0.00000580. The number of carbonyl (C=O) groups excluding carboxylic acids is 4. The highest BCUT2D eigenvalue weighted by molar-refractivity contribution is 5.85. The molecule has 2 aromatic rings. The van der Waals surface area contributed by atoms with E-state index < -0.39 is 36.6 Å². The maximum Gasteiger partial charge on any atom is 0.410 e. The van der Waals surface area contributed by atoms with Gasteiger partial charge in [0.1, 0.15) is 12.2 Å². The van der Waals surface area contributed by atoms with Crippen LogP contribution in [0.25, 0.3) is 0 Å². The van der Waals surface area contributed by atoms with Crippen molar-refractivity contribution in [1.29, 1.82) is 0 Å².